The number of aliphatic carboxylic acids is 1. The summed E-state index contributed by atoms with van der Waals surface area (Å²) in [5.74, 6) is 5.78. The Bertz CT molecular complexity index is 364. The summed E-state index contributed by atoms with van der Waals surface area (Å²) >= 11 is 0. The fraction of sp³-hybridized carbons (Fsp3) is 0.875. The van der Waals surface area contributed by atoms with E-state index in [4.69, 9.17) is 5.11 Å². The molecule has 0 heterocycles. The summed E-state index contributed by atoms with van der Waals surface area (Å²) in [6.45, 7) is 4.07. The highest BCUT2D eigenvalue weighted by atomic mass is 16.4. The zero-order valence-corrected chi connectivity index (χ0v) is 17.7. The molecule has 1 N–H and O–H groups in total. The van der Waals surface area contributed by atoms with Crippen LogP contribution in [0.5, 0.6) is 0 Å². The molecule has 0 aromatic heterocycles. The molecule has 0 fully saturated rings. The Kier molecular flexibility index (Phi) is 19.6. The van der Waals surface area contributed by atoms with Gasteiger partial charge in [-0.15, -0.1) is 11.8 Å². The largest absolute Gasteiger partial charge is 0.481 e. The van der Waals surface area contributed by atoms with Crippen LogP contribution >= 0.6 is 0 Å². The summed E-state index contributed by atoms with van der Waals surface area (Å²) in [5, 5.41) is 8.82. The molecule has 1 atom stereocenters. The second kappa shape index (κ2) is 20.3. The van der Waals surface area contributed by atoms with E-state index in [-0.39, 0.29) is 5.92 Å². The first-order valence-electron chi connectivity index (χ1n) is 11.4. The maximum atomic E-state index is 10.7. The van der Waals surface area contributed by atoms with Gasteiger partial charge in [-0.3, -0.25) is 4.79 Å². The van der Waals surface area contributed by atoms with Crippen molar-refractivity contribution in [3.63, 3.8) is 0 Å². The molecule has 0 saturated carbocycles. The maximum Gasteiger partial charge on any atom is 0.306 e. The lowest BCUT2D eigenvalue weighted by atomic mass is 10.0. The van der Waals surface area contributed by atoms with Crippen molar-refractivity contribution in [2.24, 2.45) is 5.92 Å². The van der Waals surface area contributed by atoms with Crippen molar-refractivity contribution in [3.8, 4) is 11.8 Å². The SMILES string of the molecule is CCCCCCCCCCCCC#CCCCCCCC[C@H](C)C(=O)O. The van der Waals surface area contributed by atoms with E-state index in [1.54, 1.807) is 6.92 Å². The molecule has 152 valence electrons. The lowest BCUT2D eigenvalue weighted by Gasteiger charge is -2.04. The Balaban J connectivity index is 3.18. The van der Waals surface area contributed by atoms with Crippen molar-refractivity contribution in [3.05, 3.63) is 0 Å². The first kappa shape index (κ1) is 25.0. The monoisotopic (exact) mass is 364 g/mol. The molecule has 0 amide bonds. The van der Waals surface area contributed by atoms with Crippen molar-refractivity contribution >= 4 is 5.97 Å². The van der Waals surface area contributed by atoms with Crippen LogP contribution in [0.25, 0.3) is 0 Å². The lowest BCUT2D eigenvalue weighted by molar-refractivity contribution is -0.141. The topological polar surface area (TPSA) is 37.3 Å². The molecule has 0 saturated heterocycles. The second-order valence-corrected chi connectivity index (χ2v) is 7.83. The quantitative estimate of drug-likeness (QED) is 0.199. The van der Waals surface area contributed by atoms with E-state index in [2.05, 4.69) is 18.8 Å². The van der Waals surface area contributed by atoms with Crippen LogP contribution in [-0.2, 0) is 4.79 Å². The van der Waals surface area contributed by atoms with Crippen LogP contribution in [-0.4, -0.2) is 11.1 Å². The van der Waals surface area contributed by atoms with Gasteiger partial charge < -0.3 is 5.11 Å². The summed E-state index contributed by atoms with van der Waals surface area (Å²) in [7, 11) is 0. The molecule has 0 radical (unpaired) electrons. The van der Waals surface area contributed by atoms with Crippen molar-refractivity contribution < 1.29 is 9.90 Å². The van der Waals surface area contributed by atoms with E-state index in [0.717, 1.165) is 32.1 Å². The zero-order chi connectivity index (χ0) is 19.3. The minimum atomic E-state index is -0.664. The number of carbonyl (C=O) groups is 1. The van der Waals surface area contributed by atoms with Gasteiger partial charge in [-0.1, -0.05) is 97.3 Å². The molecule has 0 bridgehead atoms. The average molecular weight is 365 g/mol. The van der Waals surface area contributed by atoms with Crippen molar-refractivity contribution in [1.29, 1.82) is 0 Å². The summed E-state index contributed by atoms with van der Waals surface area (Å²) in [5.41, 5.74) is 0. The molecule has 0 aliphatic carbocycles. The Morgan fingerprint density at radius 1 is 0.692 bits per heavy atom. The Hall–Kier alpha value is -0.970. The Labute approximate surface area is 163 Å². The van der Waals surface area contributed by atoms with E-state index >= 15 is 0 Å². The second-order valence-electron chi connectivity index (χ2n) is 7.83. The number of hydrogen-bond donors (Lipinski definition) is 1. The summed E-state index contributed by atoms with van der Waals surface area (Å²) in [6, 6.07) is 0. The third-order valence-corrected chi connectivity index (χ3v) is 5.14. The molecule has 0 aromatic rings. The minimum absolute atomic E-state index is 0.188. The van der Waals surface area contributed by atoms with Crippen LogP contribution < -0.4 is 0 Å². The van der Waals surface area contributed by atoms with Gasteiger partial charge in [-0.25, -0.2) is 0 Å². The standard InChI is InChI=1S/C24H44O2/c1-3-4-5-6-7-8-9-10-11-12-13-14-15-16-17-18-19-20-21-22-23(2)24(25)26/h23H,3-13,16-22H2,1-2H3,(H,25,26)/t23-/m0/s1. The smallest absolute Gasteiger partial charge is 0.306 e. The summed E-state index contributed by atoms with van der Waals surface area (Å²) in [6.07, 6.45) is 22.6. The molecule has 0 spiro atoms. The summed E-state index contributed by atoms with van der Waals surface area (Å²) in [4.78, 5) is 10.7. The fourth-order valence-corrected chi connectivity index (χ4v) is 3.20. The Morgan fingerprint density at radius 3 is 1.50 bits per heavy atom. The number of unbranched alkanes of at least 4 members (excludes halogenated alkanes) is 15. The van der Waals surface area contributed by atoms with Crippen LogP contribution in [0.1, 0.15) is 129 Å². The lowest BCUT2D eigenvalue weighted by Crippen LogP contribution is -2.08. The highest BCUT2D eigenvalue weighted by Crippen LogP contribution is 2.12. The van der Waals surface area contributed by atoms with Crippen molar-refractivity contribution in [2.45, 2.75) is 129 Å². The normalized spacial score (nSPS) is 11.8. The minimum Gasteiger partial charge on any atom is -0.481 e. The predicted molar refractivity (Wildman–Crippen MR) is 113 cm³/mol. The zero-order valence-electron chi connectivity index (χ0n) is 17.7. The molecule has 0 aromatic carbocycles. The van der Waals surface area contributed by atoms with Gasteiger partial charge in [0.15, 0.2) is 0 Å². The number of carboxylic acids is 1. The first-order chi connectivity index (χ1) is 12.7. The molecule has 0 rings (SSSR count). The van der Waals surface area contributed by atoms with Gasteiger partial charge in [0.05, 0.1) is 5.92 Å². The maximum absolute atomic E-state index is 10.7. The van der Waals surface area contributed by atoms with Crippen molar-refractivity contribution in [2.75, 3.05) is 0 Å². The van der Waals surface area contributed by atoms with Gasteiger partial charge in [0.2, 0.25) is 0 Å². The number of hydrogen-bond acceptors (Lipinski definition) is 1. The third kappa shape index (κ3) is 19.4. The highest BCUT2D eigenvalue weighted by Gasteiger charge is 2.09. The van der Waals surface area contributed by atoms with Gasteiger partial charge in [0, 0.05) is 12.8 Å². The van der Waals surface area contributed by atoms with E-state index in [9.17, 15) is 4.79 Å². The van der Waals surface area contributed by atoms with Gasteiger partial charge in [0.1, 0.15) is 0 Å². The fourth-order valence-electron chi connectivity index (χ4n) is 3.20. The summed E-state index contributed by atoms with van der Waals surface area (Å²) < 4.78 is 0. The van der Waals surface area contributed by atoms with E-state index in [1.807, 2.05) is 0 Å². The van der Waals surface area contributed by atoms with Gasteiger partial charge in [-0.2, -0.15) is 0 Å². The van der Waals surface area contributed by atoms with Crippen LogP contribution in [0.3, 0.4) is 0 Å². The molecule has 0 aliphatic heterocycles. The van der Waals surface area contributed by atoms with Crippen LogP contribution in [0.4, 0.5) is 0 Å². The highest BCUT2D eigenvalue weighted by molar-refractivity contribution is 5.69. The molecular weight excluding hydrogens is 320 g/mol. The van der Waals surface area contributed by atoms with Crippen molar-refractivity contribution in [1.82, 2.24) is 0 Å². The molecule has 0 unspecified atom stereocenters. The molecule has 26 heavy (non-hydrogen) atoms. The molecule has 2 heteroatoms. The number of rotatable bonds is 18. The predicted octanol–water partition coefficient (Wildman–Crippen LogP) is 7.75. The van der Waals surface area contributed by atoms with Crippen LogP contribution in [0, 0.1) is 17.8 Å². The number of carboxylic acid groups (broad SMARTS) is 1. The molecule has 2 nitrogen and oxygen atoms in total. The van der Waals surface area contributed by atoms with Crippen LogP contribution in [0.15, 0.2) is 0 Å². The average Bonchev–Trinajstić information content (AvgIpc) is 2.63. The van der Waals surface area contributed by atoms with Crippen LogP contribution in [0.2, 0.25) is 0 Å². The third-order valence-electron chi connectivity index (χ3n) is 5.14. The van der Waals surface area contributed by atoms with E-state index in [1.165, 1.54) is 83.5 Å². The van der Waals surface area contributed by atoms with Gasteiger partial charge in [-0.05, 0) is 19.3 Å². The Morgan fingerprint density at radius 2 is 1.08 bits per heavy atom. The molecule has 0 aliphatic rings. The van der Waals surface area contributed by atoms with E-state index < -0.39 is 5.97 Å². The van der Waals surface area contributed by atoms with Gasteiger partial charge >= 0.3 is 5.97 Å². The van der Waals surface area contributed by atoms with E-state index in [0.29, 0.717) is 0 Å². The molecular formula is C24H44O2. The first-order valence-corrected chi connectivity index (χ1v) is 11.4. The van der Waals surface area contributed by atoms with Gasteiger partial charge in [0.25, 0.3) is 0 Å².